The molecule has 1 saturated carbocycles. The number of nitrogens with one attached hydrogen (secondary N) is 1. The number of hydrogen-bond donors (Lipinski definition) is 1. The zero-order valence-electron chi connectivity index (χ0n) is 13.8. The Morgan fingerprint density at radius 3 is 2.21 bits per heavy atom. The van der Waals surface area contributed by atoms with Crippen LogP contribution in [0.5, 0.6) is 5.75 Å². The Kier molecular flexibility index (Phi) is 6.17. The number of methoxy groups -OCH3 is 2. The molecular formula is C17H21NO6. The lowest BCUT2D eigenvalue weighted by molar-refractivity contribution is 0.0555. The average Bonchev–Trinajstić information content (AvgIpc) is 2.61. The molecule has 0 radical (unpaired) electrons. The Morgan fingerprint density at radius 1 is 0.958 bits per heavy atom. The molecule has 1 aliphatic rings. The molecule has 0 bridgehead atoms. The van der Waals surface area contributed by atoms with Gasteiger partial charge in [0.1, 0.15) is 5.75 Å². The summed E-state index contributed by atoms with van der Waals surface area (Å²) in [6.07, 6.45) is 4.65. The van der Waals surface area contributed by atoms with Crippen molar-refractivity contribution in [2.24, 2.45) is 0 Å². The van der Waals surface area contributed by atoms with E-state index in [1.54, 1.807) is 0 Å². The van der Waals surface area contributed by atoms with E-state index in [9.17, 15) is 14.4 Å². The first-order valence-corrected chi connectivity index (χ1v) is 7.84. The van der Waals surface area contributed by atoms with Gasteiger partial charge >= 0.3 is 18.0 Å². The molecule has 24 heavy (non-hydrogen) atoms. The number of amides is 1. The highest BCUT2D eigenvalue weighted by Crippen LogP contribution is 2.21. The molecule has 0 unspecified atom stereocenters. The second kappa shape index (κ2) is 8.33. The van der Waals surface area contributed by atoms with Crippen molar-refractivity contribution in [1.82, 2.24) is 5.32 Å². The molecule has 0 heterocycles. The van der Waals surface area contributed by atoms with Crippen molar-refractivity contribution in [2.45, 2.75) is 38.1 Å². The number of rotatable bonds is 4. The van der Waals surface area contributed by atoms with Crippen molar-refractivity contribution in [3.63, 3.8) is 0 Å². The fraction of sp³-hybridized carbons (Fsp3) is 0.471. The van der Waals surface area contributed by atoms with Crippen molar-refractivity contribution < 1.29 is 28.6 Å². The molecule has 130 valence electrons. The van der Waals surface area contributed by atoms with Gasteiger partial charge in [-0.3, -0.25) is 0 Å². The van der Waals surface area contributed by atoms with Crippen LogP contribution in [-0.2, 0) is 9.47 Å². The monoisotopic (exact) mass is 335 g/mol. The van der Waals surface area contributed by atoms with Gasteiger partial charge in [-0.2, -0.15) is 0 Å². The lowest BCUT2D eigenvalue weighted by Crippen LogP contribution is -2.38. The third-order valence-electron chi connectivity index (χ3n) is 3.94. The first-order valence-electron chi connectivity index (χ1n) is 7.84. The number of ether oxygens (including phenoxy) is 3. The minimum absolute atomic E-state index is 0.0210. The summed E-state index contributed by atoms with van der Waals surface area (Å²) in [7, 11) is 2.41. The Balaban J connectivity index is 2.10. The third kappa shape index (κ3) is 4.47. The number of carbonyl (C=O) groups excluding carboxylic acids is 3. The fourth-order valence-electron chi connectivity index (χ4n) is 2.70. The van der Waals surface area contributed by atoms with Crippen LogP contribution >= 0.6 is 0 Å². The molecule has 1 aromatic carbocycles. The van der Waals surface area contributed by atoms with E-state index in [0.29, 0.717) is 0 Å². The number of hydrogen-bond acceptors (Lipinski definition) is 6. The topological polar surface area (TPSA) is 90.9 Å². The molecule has 7 heteroatoms. The quantitative estimate of drug-likeness (QED) is 0.851. The van der Waals surface area contributed by atoms with Crippen LogP contribution in [0.2, 0.25) is 0 Å². The van der Waals surface area contributed by atoms with Crippen LogP contribution in [0.15, 0.2) is 18.2 Å². The van der Waals surface area contributed by atoms with E-state index in [2.05, 4.69) is 14.8 Å². The van der Waals surface area contributed by atoms with Gasteiger partial charge in [0.2, 0.25) is 0 Å². The molecule has 0 saturated heterocycles. The largest absolute Gasteiger partial charge is 0.465 e. The van der Waals surface area contributed by atoms with Crippen molar-refractivity contribution in [3.8, 4) is 5.75 Å². The molecule has 1 aromatic rings. The molecule has 0 aromatic heterocycles. The van der Waals surface area contributed by atoms with Crippen LogP contribution in [0.3, 0.4) is 0 Å². The molecule has 2 rings (SSSR count). The highest BCUT2D eigenvalue weighted by Gasteiger charge is 2.21. The second-order valence-electron chi connectivity index (χ2n) is 5.56. The van der Waals surface area contributed by atoms with Gasteiger partial charge in [0.25, 0.3) is 0 Å². The number of benzene rings is 1. The van der Waals surface area contributed by atoms with Crippen LogP contribution in [0.1, 0.15) is 52.8 Å². The van der Waals surface area contributed by atoms with Gasteiger partial charge in [-0.05, 0) is 31.0 Å². The van der Waals surface area contributed by atoms with E-state index in [-0.39, 0.29) is 22.9 Å². The summed E-state index contributed by atoms with van der Waals surface area (Å²) in [4.78, 5) is 35.5. The maximum Gasteiger partial charge on any atom is 0.412 e. The van der Waals surface area contributed by atoms with Gasteiger partial charge in [0, 0.05) is 6.04 Å². The molecule has 1 N–H and O–H groups in total. The Labute approximate surface area is 140 Å². The van der Waals surface area contributed by atoms with Gasteiger partial charge in [0.15, 0.2) is 0 Å². The number of carbonyl (C=O) groups is 3. The zero-order valence-corrected chi connectivity index (χ0v) is 13.8. The Hall–Kier alpha value is -2.57. The Bertz CT molecular complexity index is 622. The van der Waals surface area contributed by atoms with E-state index in [0.717, 1.165) is 25.7 Å². The lowest BCUT2D eigenvalue weighted by Gasteiger charge is -2.22. The summed E-state index contributed by atoms with van der Waals surface area (Å²) in [5, 5.41) is 2.81. The SMILES string of the molecule is COC(=O)c1ccc(OC(=O)NC2CCCCC2)cc1C(=O)OC. The molecule has 1 aliphatic carbocycles. The van der Waals surface area contributed by atoms with Crippen molar-refractivity contribution >= 4 is 18.0 Å². The van der Waals surface area contributed by atoms with Gasteiger partial charge in [-0.25, -0.2) is 14.4 Å². The van der Waals surface area contributed by atoms with E-state index in [1.807, 2.05) is 0 Å². The minimum atomic E-state index is -0.714. The van der Waals surface area contributed by atoms with Crippen molar-refractivity contribution in [2.75, 3.05) is 14.2 Å². The van der Waals surface area contributed by atoms with Crippen molar-refractivity contribution in [3.05, 3.63) is 29.3 Å². The van der Waals surface area contributed by atoms with E-state index in [1.165, 1.54) is 38.8 Å². The predicted octanol–water partition coefficient (Wildman–Crippen LogP) is 2.68. The third-order valence-corrected chi connectivity index (χ3v) is 3.94. The molecule has 7 nitrogen and oxygen atoms in total. The molecule has 1 fully saturated rings. The van der Waals surface area contributed by atoms with Crippen LogP contribution in [0, 0.1) is 0 Å². The molecule has 0 aliphatic heterocycles. The lowest BCUT2D eigenvalue weighted by atomic mass is 9.96. The highest BCUT2D eigenvalue weighted by atomic mass is 16.6. The highest BCUT2D eigenvalue weighted by molar-refractivity contribution is 6.03. The van der Waals surface area contributed by atoms with Crippen LogP contribution in [0.25, 0.3) is 0 Å². The zero-order chi connectivity index (χ0) is 17.5. The van der Waals surface area contributed by atoms with E-state index in [4.69, 9.17) is 4.74 Å². The smallest absolute Gasteiger partial charge is 0.412 e. The van der Waals surface area contributed by atoms with Gasteiger partial charge in [0.05, 0.1) is 25.3 Å². The second-order valence-corrected chi connectivity index (χ2v) is 5.56. The minimum Gasteiger partial charge on any atom is -0.465 e. The molecule has 0 spiro atoms. The van der Waals surface area contributed by atoms with Gasteiger partial charge < -0.3 is 19.5 Å². The van der Waals surface area contributed by atoms with E-state index >= 15 is 0 Å². The molecule has 0 atom stereocenters. The summed E-state index contributed by atoms with van der Waals surface area (Å²) in [6.45, 7) is 0. The van der Waals surface area contributed by atoms with Crippen LogP contribution in [0.4, 0.5) is 4.79 Å². The van der Waals surface area contributed by atoms with Gasteiger partial charge in [-0.1, -0.05) is 19.3 Å². The molecular weight excluding hydrogens is 314 g/mol. The fourth-order valence-corrected chi connectivity index (χ4v) is 2.70. The summed E-state index contributed by atoms with van der Waals surface area (Å²) in [5.74, 6) is -1.24. The van der Waals surface area contributed by atoms with Crippen LogP contribution < -0.4 is 10.1 Å². The first-order chi connectivity index (χ1) is 11.5. The Morgan fingerprint density at radius 2 is 1.58 bits per heavy atom. The average molecular weight is 335 g/mol. The summed E-state index contributed by atoms with van der Waals surface area (Å²) in [6, 6.07) is 4.19. The predicted molar refractivity (Wildman–Crippen MR) is 85.2 cm³/mol. The van der Waals surface area contributed by atoms with Crippen molar-refractivity contribution in [1.29, 1.82) is 0 Å². The van der Waals surface area contributed by atoms with Crippen LogP contribution in [-0.4, -0.2) is 38.3 Å². The summed E-state index contributed by atoms with van der Waals surface area (Å²) < 4.78 is 14.5. The summed E-state index contributed by atoms with van der Waals surface area (Å²) in [5.41, 5.74) is 0.0247. The maximum atomic E-state index is 12.0. The van der Waals surface area contributed by atoms with E-state index < -0.39 is 18.0 Å². The standard InChI is InChI=1S/C17H21NO6/c1-22-15(19)13-9-8-12(10-14(13)16(20)23-2)24-17(21)18-11-6-4-3-5-7-11/h8-11H,3-7H2,1-2H3,(H,18,21). The summed E-state index contributed by atoms with van der Waals surface area (Å²) >= 11 is 0. The van der Waals surface area contributed by atoms with Gasteiger partial charge in [-0.15, -0.1) is 0 Å². The number of esters is 2. The maximum absolute atomic E-state index is 12.0. The molecule has 1 amide bonds. The normalized spacial score (nSPS) is 14.6. The first kappa shape index (κ1) is 17.8.